The number of carbonyl (C=O) groups is 1. The van der Waals surface area contributed by atoms with E-state index in [1.807, 2.05) is 15.6 Å². The quantitative estimate of drug-likeness (QED) is 0.892. The Morgan fingerprint density at radius 2 is 2.08 bits per heavy atom. The number of nitrogens with one attached hydrogen (secondary N) is 1. The molecule has 3 fully saturated rings. The van der Waals surface area contributed by atoms with Crippen molar-refractivity contribution in [2.45, 2.75) is 63.1 Å². The lowest BCUT2D eigenvalue weighted by Crippen LogP contribution is -2.57. The van der Waals surface area contributed by atoms with Crippen LogP contribution in [0.5, 0.6) is 0 Å². The first-order chi connectivity index (χ1) is 12.2. The smallest absolute Gasteiger partial charge is 0.323 e. The minimum atomic E-state index is -0.120. The number of hydrogen-bond donors (Lipinski definition) is 1. The average molecular weight is 348 g/mol. The Bertz CT molecular complexity index is 605. The van der Waals surface area contributed by atoms with Crippen molar-refractivity contribution >= 4 is 11.8 Å². The van der Waals surface area contributed by atoms with Crippen molar-refractivity contribution in [1.29, 1.82) is 0 Å². The Kier molecular flexibility index (Phi) is 4.69. The van der Waals surface area contributed by atoms with Crippen molar-refractivity contribution in [3.8, 4) is 0 Å². The zero-order valence-electron chi connectivity index (χ0n) is 14.9. The molecule has 1 aliphatic carbocycles. The van der Waals surface area contributed by atoms with Crippen LogP contribution < -0.4 is 5.32 Å². The van der Waals surface area contributed by atoms with Crippen LogP contribution in [0.25, 0.3) is 0 Å². The van der Waals surface area contributed by atoms with Crippen molar-refractivity contribution in [2.24, 2.45) is 0 Å². The van der Waals surface area contributed by atoms with Crippen LogP contribution in [0.1, 0.15) is 51.5 Å². The molecule has 1 aromatic heterocycles. The van der Waals surface area contributed by atoms with E-state index in [1.165, 1.54) is 12.8 Å². The molecule has 1 spiro atoms. The predicted molar refractivity (Wildman–Crippen MR) is 93.7 cm³/mol. The monoisotopic (exact) mass is 348 g/mol. The van der Waals surface area contributed by atoms with E-state index in [0.717, 1.165) is 44.7 Å². The van der Waals surface area contributed by atoms with Crippen molar-refractivity contribution in [1.82, 2.24) is 14.7 Å². The fourth-order valence-corrected chi connectivity index (χ4v) is 4.31. The van der Waals surface area contributed by atoms with E-state index >= 15 is 0 Å². The second-order valence-corrected chi connectivity index (χ2v) is 7.61. The van der Waals surface area contributed by atoms with E-state index in [-0.39, 0.29) is 17.7 Å². The number of aromatic nitrogens is 2. The summed E-state index contributed by atoms with van der Waals surface area (Å²) in [5, 5.41) is 7.52. The summed E-state index contributed by atoms with van der Waals surface area (Å²) in [5.74, 6) is 0.774. The molecule has 4 rings (SSSR count). The molecule has 1 atom stereocenters. The van der Waals surface area contributed by atoms with E-state index in [4.69, 9.17) is 9.47 Å². The Labute approximate surface area is 148 Å². The minimum Gasteiger partial charge on any atom is -0.381 e. The molecule has 7 nitrogen and oxygen atoms in total. The topological polar surface area (TPSA) is 68.6 Å². The maximum atomic E-state index is 12.9. The fraction of sp³-hybridized carbons (Fsp3) is 0.778. The van der Waals surface area contributed by atoms with E-state index in [9.17, 15) is 4.79 Å². The fourth-order valence-electron chi connectivity index (χ4n) is 4.31. The van der Waals surface area contributed by atoms with Gasteiger partial charge in [0.25, 0.3) is 0 Å². The van der Waals surface area contributed by atoms with Crippen molar-refractivity contribution < 1.29 is 14.3 Å². The molecule has 3 aliphatic rings. The van der Waals surface area contributed by atoms with Crippen molar-refractivity contribution in [3.63, 3.8) is 0 Å². The SMILES string of the molecule is CC1COC2(CCCC2)CN1C(=O)Nc1ccnn1C1CCOCC1. The summed E-state index contributed by atoms with van der Waals surface area (Å²) in [5.41, 5.74) is -0.120. The Hall–Kier alpha value is -1.60. The second kappa shape index (κ2) is 6.96. The predicted octanol–water partition coefficient (Wildman–Crippen LogP) is 2.80. The van der Waals surface area contributed by atoms with Crippen LogP contribution in [0.4, 0.5) is 10.6 Å². The van der Waals surface area contributed by atoms with Crippen LogP contribution in [0, 0.1) is 0 Å². The van der Waals surface area contributed by atoms with Gasteiger partial charge in [-0.15, -0.1) is 0 Å². The third-order valence-corrected chi connectivity index (χ3v) is 5.84. The summed E-state index contributed by atoms with van der Waals surface area (Å²) in [6, 6.07) is 2.22. The lowest BCUT2D eigenvalue weighted by atomic mass is 9.98. The van der Waals surface area contributed by atoms with E-state index in [2.05, 4.69) is 17.3 Å². The van der Waals surface area contributed by atoms with Gasteiger partial charge in [-0.05, 0) is 32.6 Å². The standard InChI is InChI=1S/C18H28N4O3/c1-14-12-25-18(7-2-3-8-18)13-21(14)17(23)20-16-4-9-19-22(16)15-5-10-24-11-6-15/h4,9,14-15H,2-3,5-8,10-13H2,1H3,(H,20,23). The van der Waals surface area contributed by atoms with Crippen LogP contribution in [0.3, 0.4) is 0 Å². The van der Waals surface area contributed by atoms with E-state index < -0.39 is 0 Å². The molecule has 25 heavy (non-hydrogen) atoms. The first-order valence-electron chi connectivity index (χ1n) is 9.50. The van der Waals surface area contributed by atoms with Gasteiger partial charge >= 0.3 is 6.03 Å². The highest BCUT2D eigenvalue weighted by Gasteiger charge is 2.43. The number of hydrogen-bond acceptors (Lipinski definition) is 4. The maximum Gasteiger partial charge on any atom is 0.323 e. The lowest BCUT2D eigenvalue weighted by molar-refractivity contribution is -0.111. The molecule has 1 aromatic rings. The van der Waals surface area contributed by atoms with Crippen molar-refractivity contribution in [3.05, 3.63) is 12.3 Å². The normalized spacial score (nSPS) is 26.9. The summed E-state index contributed by atoms with van der Waals surface area (Å²) in [7, 11) is 0. The second-order valence-electron chi connectivity index (χ2n) is 7.61. The Morgan fingerprint density at radius 3 is 2.84 bits per heavy atom. The average Bonchev–Trinajstić information content (AvgIpc) is 3.28. The summed E-state index contributed by atoms with van der Waals surface area (Å²) < 4.78 is 13.5. The largest absolute Gasteiger partial charge is 0.381 e. The number of morpholine rings is 1. The van der Waals surface area contributed by atoms with Crippen LogP contribution in [0.2, 0.25) is 0 Å². The molecular weight excluding hydrogens is 320 g/mol. The molecule has 0 aromatic carbocycles. The van der Waals surface area contributed by atoms with E-state index in [1.54, 1.807) is 6.20 Å². The zero-order chi connectivity index (χ0) is 17.3. The molecule has 0 radical (unpaired) electrons. The third kappa shape index (κ3) is 3.40. The highest BCUT2D eigenvalue weighted by molar-refractivity contribution is 5.88. The first-order valence-corrected chi connectivity index (χ1v) is 9.50. The van der Waals surface area contributed by atoms with Gasteiger partial charge in [0.05, 0.1) is 37.0 Å². The highest BCUT2D eigenvalue weighted by atomic mass is 16.5. The van der Waals surface area contributed by atoms with E-state index in [0.29, 0.717) is 19.2 Å². The van der Waals surface area contributed by atoms with Gasteiger partial charge in [0.15, 0.2) is 0 Å². The molecule has 0 bridgehead atoms. The molecule has 138 valence electrons. The van der Waals surface area contributed by atoms with Gasteiger partial charge in [-0.25, -0.2) is 9.48 Å². The molecule has 2 saturated heterocycles. The van der Waals surface area contributed by atoms with Crippen LogP contribution in [-0.4, -0.2) is 58.7 Å². The summed E-state index contributed by atoms with van der Waals surface area (Å²) >= 11 is 0. The summed E-state index contributed by atoms with van der Waals surface area (Å²) in [6.45, 7) is 4.86. The van der Waals surface area contributed by atoms with Crippen molar-refractivity contribution in [2.75, 3.05) is 31.7 Å². The molecular formula is C18H28N4O3. The molecule has 2 amide bonds. The molecule has 1 saturated carbocycles. The highest BCUT2D eigenvalue weighted by Crippen LogP contribution is 2.37. The number of rotatable bonds is 2. The van der Waals surface area contributed by atoms with Gasteiger partial charge in [0.2, 0.25) is 0 Å². The molecule has 2 aliphatic heterocycles. The van der Waals surface area contributed by atoms with Crippen LogP contribution >= 0.6 is 0 Å². The van der Waals surface area contributed by atoms with Gasteiger partial charge in [0.1, 0.15) is 5.82 Å². The molecule has 7 heteroatoms. The lowest BCUT2D eigenvalue weighted by Gasteiger charge is -2.44. The minimum absolute atomic E-state index is 0.0455. The number of carbonyl (C=O) groups excluding carboxylic acids is 1. The molecule has 1 unspecified atom stereocenters. The van der Waals surface area contributed by atoms with Gasteiger partial charge in [-0.3, -0.25) is 5.32 Å². The van der Waals surface area contributed by atoms with Gasteiger partial charge in [0, 0.05) is 19.3 Å². The van der Waals surface area contributed by atoms with Crippen LogP contribution in [0.15, 0.2) is 12.3 Å². The zero-order valence-corrected chi connectivity index (χ0v) is 14.9. The number of nitrogens with zero attached hydrogens (tertiary/aromatic N) is 3. The Morgan fingerprint density at radius 1 is 1.32 bits per heavy atom. The molecule has 3 heterocycles. The third-order valence-electron chi connectivity index (χ3n) is 5.84. The van der Waals surface area contributed by atoms with Crippen LogP contribution in [-0.2, 0) is 9.47 Å². The van der Waals surface area contributed by atoms with Gasteiger partial charge in [-0.1, -0.05) is 12.8 Å². The number of ether oxygens (including phenoxy) is 2. The maximum absolute atomic E-state index is 12.9. The van der Waals surface area contributed by atoms with Gasteiger partial charge in [-0.2, -0.15) is 5.10 Å². The van der Waals surface area contributed by atoms with Gasteiger partial charge < -0.3 is 14.4 Å². The molecule has 1 N–H and O–H groups in total. The summed E-state index contributed by atoms with van der Waals surface area (Å²) in [6.07, 6.45) is 8.13. The number of anilines is 1. The number of amides is 2. The summed E-state index contributed by atoms with van der Waals surface area (Å²) in [4.78, 5) is 14.9. The number of urea groups is 1. The Balaban J connectivity index is 1.45. The first kappa shape index (κ1) is 16.8.